The molecule has 0 aliphatic heterocycles. The van der Waals surface area contributed by atoms with Crippen LogP contribution in [0.3, 0.4) is 0 Å². The predicted octanol–water partition coefficient (Wildman–Crippen LogP) is 5.10. The van der Waals surface area contributed by atoms with Gasteiger partial charge in [0.1, 0.15) is 11.4 Å². The van der Waals surface area contributed by atoms with E-state index in [0.717, 1.165) is 42.7 Å². The summed E-state index contributed by atoms with van der Waals surface area (Å²) in [4.78, 5) is 12.7. The van der Waals surface area contributed by atoms with E-state index in [-0.39, 0.29) is 12.0 Å². The van der Waals surface area contributed by atoms with Gasteiger partial charge in [-0.25, -0.2) is 0 Å². The molecule has 1 aromatic carbocycles. The third kappa shape index (κ3) is 5.82. The van der Waals surface area contributed by atoms with Crippen LogP contribution in [-0.4, -0.2) is 24.2 Å². The Hall–Kier alpha value is -1.55. The van der Waals surface area contributed by atoms with Crippen molar-refractivity contribution in [1.29, 1.82) is 0 Å². The van der Waals surface area contributed by atoms with Gasteiger partial charge in [-0.05, 0) is 64.3 Å². The van der Waals surface area contributed by atoms with E-state index in [4.69, 9.17) is 9.47 Å². The van der Waals surface area contributed by atoms with Crippen LogP contribution in [0.5, 0.6) is 5.75 Å². The lowest BCUT2D eigenvalue weighted by Crippen LogP contribution is -2.42. The van der Waals surface area contributed by atoms with E-state index in [0.29, 0.717) is 6.61 Å². The first-order valence-electron chi connectivity index (χ1n) is 9.09. The lowest BCUT2D eigenvalue weighted by molar-refractivity contribution is -0.139. The van der Waals surface area contributed by atoms with E-state index in [1.807, 2.05) is 39.0 Å². The summed E-state index contributed by atoms with van der Waals surface area (Å²) in [6, 6.07) is 5.75. The fourth-order valence-electron chi connectivity index (χ4n) is 2.51. The molecule has 4 nitrogen and oxygen atoms in total. The van der Waals surface area contributed by atoms with Crippen LogP contribution in [0.25, 0.3) is 0 Å². The highest BCUT2D eigenvalue weighted by molar-refractivity contribution is 5.97. The Labute approximate surface area is 146 Å². The second-order valence-electron chi connectivity index (χ2n) is 6.54. The summed E-state index contributed by atoms with van der Waals surface area (Å²) in [7, 11) is 0. The maximum Gasteiger partial charge on any atom is 0.256 e. The minimum absolute atomic E-state index is 0.0900. The van der Waals surface area contributed by atoms with Crippen LogP contribution in [0, 0.1) is 6.92 Å². The highest BCUT2D eigenvalue weighted by Gasteiger charge is 2.33. The molecular weight excluding hydrogens is 302 g/mol. The van der Waals surface area contributed by atoms with Gasteiger partial charge in [-0.1, -0.05) is 26.7 Å². The molecular formula is C20H33NO3. The van der Waals surface area contributed by atoms with Crippen molar-refractivity contribution in [2.75, 3.05) is 11.9 Å². The molecule has 0 aromatic heterocycles. The van der Waals surface area contributed by atoms with Crippen LogP contribution in [-0.2, 0) is 9.53 Å². The van der Waals surface area contributed by atoms with Gasteiger partial charge in [-0.2, -0.15) is 0 Å². The van der Waals surface area contributed by atoms with Gasteiger partial charge in [-0.3, -0.25) is 4.79 Å². The summed E-state index contributed by atoms with van der Waals surface area (Å²) in [5.41, 5.74) is 1.00. The Bertz CT molecular complexity index is 530. The fraction of sp³-hybridized carbons (Fsp3) is 0.650. The van der Waals surface area contributed by atoms with Gasteiger partial charge in [0.25, 0.3) is 5.91 Å². The molecule has 1 rings (SSSR count). The van der Waals surface area contributed by atoms with E-state index < -0.39 is 5.60 Å². The number of amides is 1. The number of hydrogen-bond donors (Lipinski definition) is 1. The van der Waals surface area contributed by atoms with Gasteiger partial charge >= 0.3 is 0 Å². The maximum absolute atomic E-state index is 12.7. The van der Waals surface area contributed by atoms with Crippen LogP contribution in [0.1, 0.15) is 65.9 Å². The predicted molar refractivity (Wildman–Crippen MR) is 99.7 cm³/mol. The van der Waals surface area contributed by atoms with E-state index in [9.17, 15) is 4.79 Å². The number of aryl methyl sites for hydroxylation is 1. The summed E-state index contributed by atoms with van der Waals surface area (Å²) in [6.07, 6.45) is 3.86. The van der Waals surface area contributed by atoms with Crippen LogP contribution in [0.15, 0.2) is 18.2 Å². The van der Waals surface area contributed by atoms with E-state index in [1.165, 1.54) is 0 Å². The number of nitrogens with one attached hydrogen (secondary N) is 1. The summed E-state index contributed by atoms with van der Waals surface area (Å²) in [5.74, 6) is 0.772. The molecule has 2 unspecified atom stereocenters. The van der Waals surface area contributed by atoms with Gasteiger partial charge in [0, 0.05) is 12.3 Å². The third-order valence-electron chi connectivity index (χ3n) is 4.29. The molecule has 0 fully saturated rings. The molecule has 2 atom stereocenters. The van der Waals surface area contributed by atoms with Crippen LogP contribution >= 0.6 is 0 Å². The summed E-state index contributed by atoms with van der Waals surface area (Å²) >= 11 is 0. The number of ether oxygens (including phenoxy) is 2. The highest BCUT2D eigenvalue weighted by Crippen LogP contribution is 2.26. The number of carbonyl (C=O) groups excluding carboxylic acids is 1. The Morgan fingerprint density at radius 2 is 2.00 bits per heavy atom. The molecule has 0 saturated heterocycles. The van der Waals surface area contributed by atoms with E-state index in [2.05, 4.69) is 26.1 Å². The number of hydrogen-bond acceptors (Lipinski definition) is 3. The van der Waals surface area contributed by atoms with Crippen molar-refractivity contribution < 1.29 is 14.3 Å². The molecule has 1 aromatic rings. The smallest absolute Gasteiger partial charge is 0.256 e. The Morgan fingerprint density at radius 3 is 2.54 bits per heavy atom. The molecule has 0 aliphatic rings. The van der Waals surface area contributed by atoms with E-state index in [1.54, 1.807) is 0 Å². The topological polar surface area (TPSA) is 47.6 Å². The number of carbonyl (C=O) groups is 1. The first-order chi connectivity index (χ1) is 11.4. The maximum atomic E-state index is 12.7. The highest BCUT2D eigenvalue weighted by atomic mass is 16.5. The molecule has 24 heavy (non-hydrogen) atoms. The lowest BCUT2D eigenvalue weighted by Gasteiger charge is -2.28. The van der Waals surface area contributed by atoms with Gasteiger partial charge in [0.05, 0.1) is 6.10 Å². The second-order valence-corrected chi connectivity index (χ2v) is 6.54. The van der Waals surface area contributed by atoms with Gasteiger partial charge in [0.15, 0.2) is 0 Å². The van der Waals surface area contributed by atoms with Crippen molar-refractivity contribution in [3.05, 3.63) is 23.8 Å². The molecule has 4 heteroatoms. The third-order valence-corrected chi connectivity index (χ3v) is 4.29. The van der Waals surface area contributed by atoms with Crippen molar-refractivity contribution in [1.82, 2.24) is 0 Å². The molecule has 136 valence electrons. The summed E-state index contributed by atoms with van der Waals surface area (Å²) in [6.45, 7) is 12.6. The first kappa shape index (κ1) is 20.5. The lowest BCUT2D eigenvalue weighted by atomic mass is 9.97. The quantitative estimate of drug-likeness (QED) is 0.647. The second kappa shape index (κ2) is 9.67. The van der Waals surface area contributed by atoms with Crippen molar-refractivity contribution >= 4 is 11.6 Å². The molecule has 1 N–H and O–H groups in total. The first-order valence-corrected chi connectivity index (χ1v) is 9.09. The normalized spacial score (nSPS) is 14.8. The molecule has 1 amide bonds. The molecule has 0 spiro atoms. The van der Waals surface area contributed by atoms with Crippen molar-refractivity contribution in [3.63, 3.8) is 0 Å². The van der Waals surface area contributed by atoms with Crippen molar-refractivity contribution in [3.8, 4) is 5.75 Å². The zero-order chi connectivity index (χ0) is 18.2. The minimum Gasteiger partial charge on any atom is -0.490 e. The Morgan fingerprint density at radius 1 is 1.29 bits per heavy atom. The van der Waals surface area contributed by atoms with Crippen LogP contribution in [0.4, 0.5) is 5.69 Å². The van der Waals surface area contributed by atoms with Crippen molar-refractivity contribution in [2.24, 2.45) is 0 Å². The molecule has 0 aliphatic carbocycles. The average Bonchev–Trinajstić information content (AvgIpc) is 2.55. The van der Waals surface area contributed by atoms with Crippen LogP contribution < -0.4 is 10.1 Å². The van der Waals surface area contributed by atoms with Gasteiger partial charge in [0.2, 0.25) is 0 Å². The molecule has 0 bridgehead atoms. The number of anilines is 1. The van der Waals surface area contributed by atoms with Crippen molar-refractivity contribution in [2.45, 2.75) is 78.9 Å². The van der Waals surface area contributed by atoms with Gasteiger partial charge in [-0.15, -0.1) is 0 Å². The monoisotopic (exact) mass is 335 g/mol. The SMILES string of the molecule is CCCCC(C)(OCC)C(=O)Nc1ccc(OC(C)CC)c(C)c1. The average molecular weight is 335 g/mol. The molecule has 0 saturated carbocycles. The number of unbranched alkanes of at least 4 members (excludes halogenated alkanes) is 1. The Balaban J connectivity index is 2.83. The summed E-state index contributed by atoms with van der Waals surface area (Å²) < 4.78 is 11.6. The zero-order valence-corrected chi connectivity index (χ0v) is 16.1. The summed E-state index contributed by atoms with van der Waals surface area (Å²) in [5, 5.41) is 2.99. The largest absolute Gasteiger partial charge is 0.490 e. The van der Waals surface area contributed by atoms with Crippen LogP contribution in [0.2, 0.25) is 0 Å². The number of benzene rings is 1. The molecule has 0 heterocycles. The van der Waals surface area contributed by atoms with Gasteiger partial charge < -0.3 is 14.8 Å². The molecule has 0 radical (unpaired) electrons. The Kier molecular flexibility index (Phi) is 8.26. The zero-order valence-electron chi connectivity index (χ0n) is 16.1. The standard InChI is InChI=1S/C20H33NO3/c1-7-10-13-20(6,23-9-3)19(22)21-17-11-12-18(15(4)14-17)24-16(5)8-2/h11-12,14,16H,7-10,13H2,1-6H3,(H,21,22). The fourth-order valence-corrected chi connectivity index (χ4v) is 2.51. The number of rotatable bonds is 10. The van der Waals surface area contributed by atoms with E-state index >= 15 is 0 Å². The minimum atomic E-state index is -0.787.